The molecular formula is C20H24N6. The molecule has 6 heteroatoms. The molecule has 0 aliphatic carbocycles. The van der Waals surface area contributed by atoms with Crippen molar-refractivity contribution in [3.63, 3.8) is 0 Å². The molecule has 1 unspecified atom stereocenters. The Morgan fingerprint density at radius 2 is 2.04 bits per heavy atom. The van der Waals surface area contributed by atoms with Crippen molar-refractivity contribution in [2.24, 2.45) is 13.0 Å². The molecule has 0 radical (unpaired) electrons. The van der Waals surface area contributed by atoms with E-state index in [2.05, 4.69) is 57.3 Å². The van der Waals surface area contributed by atoms with E-state index in [-0.39, 0.29) is 0 Å². The van der Waals surface area contributed by atoms with Crippen LogP contribution in [0.1, 0.15) is 6.42 Å². The maximum Gasteiger partial charge on any atom is 0.225 e. The molecule has 1 aliphatic rings. The SMILES string of the molecule is CN(CC1CCN(c2ccccc2)C1)c1nccc(-c2cnn(C)c2)n1. The van der Waals surface area contributed by atoms with Crippen LogP contribution in [0.2, 0.25) is 0 Å². The van der Waals surface area contributed by atoms with Gasteiger partial charge >= 0.3 is 0 Å². The van der Waals surface area contributed by atoms with Crippen LogP contribution in [-0.2, 0) is 7.05 Å². The third kappa shape index (κ3) is 3.54. The molecule has 1 aliphatic heterocycles. The lowest BCUT2D eigenvalue weighted by molar-refractivity contribution is 0.578. The third-order valence-corrected chi connectivity index (χ3v) is 4.92. The van der Waals surface area contributed by atoms with Gasteiger partial charge in [-0.25, -0.2) is 9.97 Å². The van der Waals surface area contributed by atoms with Crippen LogP contribution in [0.15, 0.2) is 55.0 Å². The average Bonchev–Trinajstić information content (AvgIpc) is 3.32. The minimum absolute atomic E-state index is 0.617. The fourth-order valence-corrected chi connectivity index (χ4v) is 3.57. The van der Waals surface area contributed by atoms with E-state index in [4.69, 9.17) is 4.98 Å². The summed E-state index contributed by atoms with van der Waals surface area (Å²) in [6, 6.07) is 12.6. The van der Waals surface area contributed by atoms with E-state index in [9.17, 15) is 0 Å². The van der Waals surface area contributed by atoms with Crippen molar-refractivity contribution >= 4 is 11.6 Å². The van der Waals surface area contributed by atoms with Gasteiger partial charge in [-0.15, -0.1) is 0 Å². The van der Waals surface area contributed by atoms with Gasteiger partial charge in [-0.1, -0.05) is 18.2 Å². The molecule has 1 saturated heterocycles. The molecule has 1 fully saturated rings. The molecule has 1 atom stereocenters. The molecule has 3 heterocycles. The lowest BCUT2D eigenvalue weighted by Gasteiger charge is -2.22. The van der Waals surface area contributed by atoms with Crippen LogP contribution in [0.5, 0.6) is 0 Å². The summed E-state index contributed by atoms with van der Waals surface area (Å²) in [5.41, 5.74) is 3.24. The van der Waals surface area contributed by atoms with Crippen molar-refractivity contribution < 1.29 is 0 Å². The largest absolute Gasteiger partial charge is 0.371 e. The zero-order valence-corrected chi connectivity index (χ0v) is 15.3. The summed E-state index contributed by atoms with van der Waals surface area (Å²) in [5.74, 6) is 1.38. The number of hydrogen-bond donors (Lipinski definition) is 0. The van der Waals surface area contributed by atoms with E-state index in [0.717, 1.165) is 36.8 Å². The second kappa shape index (κ2) is 7.15. The van der Waals surface area contributed by atoms with Crippen molar-refractivity contribution in [3.8, 4) is 11.3 Å². The first-order valence-corrected chi connectivity index (χ1v) is 9.02. The van der Waals surface area contributed by atoms with Crippen molar-refractivity contribution in [1.82, 2.24) is 19.7 Å². The summed E-state index contributed by atoms with van der Waals surface area (Å²) in [4.78, 5) is 13.8. The summed E-state index contributed by atoms with van der Waals surface area (Å²) in [7, 11) is 3.99. The fourth-order valence-electron chi connectivity index (χ4n) is 3.57. The lowest BCUT2D eigenvalue weighted by Crippen LogP contribution is -2.29. The van der Waals surface area contributed by atoms with Gasteiger partial charge in [0.2, 0.25) is 5.95 Å². The zero-order valence-electron chi connectivity index (χ0n) is 15.3. The number of rotatable bonds is 5. The average molecular weight is 348 g/mol. The van der Waals surface area contributed by atoms with Gasteiger partial charge in [0.25, 0.3) is 0 Å². The van der Waals surface area contributed by atoms with Crippen molar-refractivity contribution in [2.75, 3.05) is 36.5 Å². The maximum atomic E-state index is 4.72. The quantitative estimate of drug-likeness (QED) is 0.710. The minimum atomic E-state index is 0.617. The number of anilines is 2. The third-order valence-electron chi connectivity index (χ3n) is 4.92. The molecule has 1 aromatic carbocycles. The summed E-state index contributed by atoms with van der Waals surface area (Å²) in [6.07, 6.45) is 6.83. The Kier molecular flexibility index (Phi) is 4.56. The van der Waals surface area contributed by atoms with Gasteiger partial charge in [0.05, 0.1) is 11.9 Å². The molecule has 0 bridgehead atoms. The summed E-state index contributed by atoms with van der Waals surface area (Å²) >= 11 is 0. The molecular weight excluding hydrogens is 324 g/mol. The molecule has 26 heavy (non-hydrogen) atoms. The predicted molar refractivity (Wildman–Crippen MR) is 104 cm³/mol. The van der Waals surface area contributed by atoms with Crippen LogP contribution in [0.25, 0.3) is 11.3 Å². The van der Waals surface area contributed by atoms with Crippen molar-refractivity contribution in [2.45, 2.75) is 6.42 Å². The minimum Gasteiger partial charge on any atom is -0.371 e. The summed E-state index contributed by atoms with van der Waals surface area (Å²) in [6.45, 7) is 3.15. The second-order valence-electron chi connectivity index (χ2n) is 6.96. The van der Waals surface area contributed by atoms with Gasteiger partial charge in [-0.3, -0.25) is 4.68 Å². The molecule has 6 nitrogen and oxygen atoms in total. The molecule has 134 valence electrons. The standard InChI is InChI=1S/C20H24N6/c1-24(13-16-9-11-26(14-16)18-6-4-3-5-7-18)20-21-10-8-19(23-20)17-12-22-25(2)15-17/h3-8,10,12,15-16H,9,11,13-14H2,1-2H3. The normalized spacial score (nSPS) is 16.8. The van der Waals surface area contributed by atoms with Gasteiger partial charge in [0, 0.05) is 57.4 Å². The van der Waals surface area contributed by atoms with E-state index in [1.165, 1.54) is 12.1 Å². The highest BCUT2D eigenvalue weighted by Crippen LogP contribution is 2.25. The molecule has 4 rings (SSSR count). The predicted octanol–water partition coefficient (Wildman–Crippen LogP) is 2.84. The Morgan fingerprint density at radius 1 is 1.19 bits per heavy atom. The summed E-state index contributed by atoms with van der Waals surface area (Å²) in [5, 5.41) is 4.22. The van der Waals surface area contributed by atoms with Gasteiger partial charge < -0.3 is 9.80 Å². The molecule has 0 spiro atoms. The van der Waals surface area contributed by atoms with Gasteiger partial charge in [-0.2, -0.15) is 5.10 Å². The van der Waals surface area contributed by atoms with Crippen LogP contribution in [0, 0.1) is 5.92 Å². The number of benzene rings is 1. The van der Waals surface area contributed by atoms with Gasteiger partial charge in [-0.05, 0) is 30.5 Å². The fraction of sp³-hybridized carbons (Fsp3) is 0.350. The Labute approximate surface area is 154 Å². The Hall–Kier alpha value is -2.89. The number of hydrogen-bond acceptors (Lipinski definition) is 5. The van der Waals surface area contributed by atoms with Crippen LogP contribution < -0.4 is 9.80 Å². The first-order valence-electron chi connectivity index (χ1n) is 9.02. The maximum absolute atomic E-state index is 4.72. The van der Waals surface area contributed by atoms with Crippen molar-refractivity contribution in [1.29, 1.82) is 0 Å². The van der Waals surface area contributed by atoms with Crippen LogP contribution in [0.4, 0.5) is 11.6 Å². The highest BCUT2D eigenvalue weighted by atomic mass is 15.3. The Morgan fingerprint density at radius 3 is 2.81 bits per heavy atom. The smallest absolute Gasteiger partial charge is 0.225 e. The zero-order chi connectivity index (χ0) is 17.9. The number of aromatic nitrogens is 4. The summed E-state index contributed by atoms with van der Waals surface area (Å²) < 4.78 is 1.79. The highest BCUT2D eigenvalue weighted by molar-refractivity contribution is 5.58. The molecule has 3 aromatic rings. The Balaban J connectivity index is 1.42. The molecule has 0 amide bonds. The van der Waals surface area contributed by atoms with Crippen LogP contribution in [0.3, 0.4) is 0 Å². The molecule has 0 N–H and O–H groups in total. The van der Waals surface area contributed by atoms with E-state index in [1.54, 1.807) is 4.68 Å². The Bertz CT molecular complexity index is 860. The van der Waals surface area contributed by atoms with E-state index in [1.807, 2.05) is 31.7 Å². The van der Waals surface area contributed by atoms with E-state index < -0.39 is 0 Å². The van der Waals surface area contributed by atoms with E-state index in [0.29, 0.717) is 5.92 Å². The highest BCUT2D eigenvalue weighted by Gasteiger charge is 2.24. The van der Waals surface area contributed by atoms with Crippen molar-refractivity contribution in [3.05, 3.63) is 55.0 Å². The van der Waals surface area contributed by atoms with Crippen LogP contribution in [-0.4, -0.2) is 46.4 Å². The van der Waals surface area contributed by atoms with Gasteiger partial charge in [0.15, 0.2) is 0 Å². The van der Waals surface area contributed by atoms with Gasteiger partial charge in [0.1, 0.15) is 0 Å². The number of aryl methyl sites for hydroxylation is 1. The van der Waals surface area contributed by atoms with E-state index >= 15 is 0 Å². The molecule has 2 aromatic heterocycles. The van der Waals surface area contributed by atoms with Crippen LogP contribution >= 0.6 is 0 Å². The number of para-hydroxylation sites is 1. The topological polar surface area (TPSA) is 50.1 Å². The first-order chi connectivity index (χ1) is 12.7. The second-order valence-corrected chi connectivity index (χ2v) is 6.96. The monoisotopic (exact) mass is 348 g/mol. The first kappa shape index (κ1) is 16.6. The molecule has 0 saturated carbocycles. The number of nitrogens with zero attached hydrogens (tertiary/aromatic N) is 6. The lowest BCUT2D eigenvalue weighted by atomic mass is 10.1.